The van der Waals surface area contributed by atoms with Gasteiger partial charge < -0.3 is 15.0 Å². The first-order chi connectivity index (χ1) is 7.68. The summed E-state index contributed by atoms with van der Waals surface area (Å²) in [5.41, 5.74) is 0. The van der Waals surface area contributed by atoms with E-state index in [0.29, 0.717) is 6.54 Å². The smallest absolute Gasteiger partial charge is 0.328 e. The number of carbonyl (C=O) groups is 2. The molecular weight excluding hydrogens is 210 g/mol. The van der Waals surface area contributed by atoms with Gasteiger partial charge in [-0.25, -0.2) is 9.78 Å². The van der Waals surface area contributed by atoms with Gasteiger partial charge in [0.2, 0.25) is 5.91 Å². The summed E-state index contributed by atoms with van der Waals surface area (Å²) in [4.78, 5) is 25.0. The molecule has 2 N–H and O–H groups in total. The molecule has 0 spiro atoms. The van der Waals surface area contributed by atoms with Crippen molar-refractivity contribution >= 4 is 11.9 Å². The van der Waals surface area contributed by atoms with Crippen LogP contribution < -0.4 is 5.32 Å². The summed E-state index contributed by atoms with van der Waals surface area (Å²) >= 11 is 0. The zero-order valence-electron chi connectivity index (χ0n) is 8.67. The Bertz CT molecular complexity index is 371. The van der Waals surface area contributed by atoms with E-state index in [1.807, 2.05) is 10.8 Å². The highest BCUT2D eigenvalue weighted by atomic mass is 16.4. The van der Waals surface area contributed by atoms with Crippen LogP contribution in [0.25, 0.3) is 0 Å². The van der Waals surface area contributed by atoms with Crippen molar-refractivity contribution in [3.63, 3.8) is 0 Å². The summed E-state index contributed by atoms with van der Waals surface area (Å²) in [6.45, 7) is 1.27. The number of hydrogen-bond donors (Lipinski definition) is 2. The number of carboxylic acid groups (broad SMARTS) is 1. The zero-order chi connectivity index (χ0) is 11.8. The molecule has 86 valence electrons. The Hall–Kier alpha value is -2.11. The number of imidazole rings is 1. The van der Waals surface area contributed by atoms with Crippen LogP contribution in [0.2, 0.25) is 0 Å². The predicted molar refractivity (Wildman–Crippen MR) is 56.6 cm³/mol. The van der Waals surface area contributed by atoms with Crippen LogP contribution in [0.4, 0.5) is 0 Å². The van der Waals surface area contributed by atoms with Crippen molar-refractivity contribution in [2.45, 2.75) is 13.0 Å². The lowest BCUT2D eigenvalue weighted by molar-refractivity contribution is -0.131. The van der Waals surface area contributed by atoms with E-state index in [4.69, 9.17) is 5.11 Å². The van der Waals surface area contributed by atoms with Gasteiger partial charge in [-0.2, -0.15) is 0 Å². The molecule has 1 amide bonds. The van der Waals surface area contributed by atoms with E-state index >= 15 is 0 Å². The fourth-order valence-corrected chi connectivity index (χ4v) is 1.10. The molecule has 1 aromatic rings. The molecule has 0 aromatic carbocycles. The van der Waals surface area contributed by atoms with Crippen LogP contribution in [0.3, 0.4) is 0 Å². The van der Waals surface area contributed by atoms with Crippen molar-refractivity contribution in [2.75, 3.05) is 6.54 Å². The third-order valence-electron chi connectivity index (χ3n) is 1.83. The van der Waals surface area contributed by atoms with E-state index < -0.39 is 11.9 Å². The summed E-state index contributed by atoms with van der Waals surface area (Å²) < 4.78 is 1.90. The van der Waals surface area contributed by atoms with Crippen molar-refractivity contribution in [3.05, 3.63) is 30.9 Å². The van der Waals surface area contributed by atoms with Gasteiger partial charge in [-0.3, -0.25) is 4.79 Å². The minimum atomic E-state index is -1.13. The number of carbonyl (C=O) groups excluding carboxylic acids is 1. The highest BCUT2D eigenvalue weighted by Gasteiger charge is 1.96. The number of rotatable bonds is 6. The first-order valence-electron chi connectivity index (χ1n) is 4.83. The maximum atomic E-state index is 11.0. The first-order valence-corrected chi connectivity index (χ1v) is 4.83. The lowest BCUT2D eigenvalue weighted by Gasteiger charge is -2.02. The summed E-state index contributed by atoms with van der Waals surface area (Å²) in [5.74, 6) is -1.53. The summed E-state index contributed by atoms with van der Waals surface area (Å²) in [7, 11) is 0. The molecule has 0 aliphatic carbocycles. The quantitative estimate of drug-likeness (QED) is 0.526. The van der Waals surface area contributed by atoms with Gasteiger partial charge in [0.25, 0.3) is 0 Å². The zero-order valence-corrected chi connectivity index (χ0v) is 8.67. The van der Waals surface area contributed by atoms with Crippen molar-refractivity contribution in [2.24, 2.45) is 0 Å². The van der Waals surface area contributed by atoms with Crippen molar-refractivity contribution in [1.82, 2.24) is 14.9 Å². The van der Waals surface area contributed by atoms with Gasteiger partial charge in [0, 0.05) is 37.6 Å². The average Bonchev–Trinajstić information content (AvgIpc) is 2.74. The van der Waals surface area contributed by atoms with Gasteiger partial charge in [0.15, 0.2) is 0 Å². The van der Waals surface area contributed by atoms with Crippen molar-refractivity contribution in [1.29, 1.82) is 0 Å². The Balaban J connectivity index is 2.11. The molecule has 0 unspecified atom stereocenters. The number of nitrogens with zero attached hydrogens (tertiary/aromatic N) is 2. The molecule has 0 radical (unpaired) electrons. The fraction of sp³-hybridized carbons (Fsp3) is 0.300. The van der Waals surface area contributed by atoms with Crippen LogP contribution in [-0.2, 0) is 16.1 Å². The molecule has 0 bridgehead atoms. The third-order valence-corrected chi connectivity index (χ3v) is 1.83. The van der Waals surface area contributed by atoms with Gasteiger partial charge >= 0.3 is 5.97 Å². The van der Waals surface area contributed by atoms with Crippen LogP contribution in [0.1, 0.15) is 6.42 Å². The monoisotopic (exact) mass is 223 g/mol. The minimum absolute atomic E-state index is 0.395. The minimum Gasteiger partial charge on any atom is -0.478 e. The van der Waals surface area contributed by atoms with E-state index in [1.165, 1.54) is 0 Å². The van der Waals surface area contributed by atoms with E-state index in [9.17, 15) is 9.59 Å². The lowest BCUT2D eigenvalue weighted by Crippen LogP contribution is -2.23. The van der Waals surface area contributed by atoms with Crippen LogP contribution in [0.15, 0.2) is 30.9 Å². The van der Waals surface area contributed by atoms with Crippen LogP contribution in [0.5, 0.6) is 0 Å². The van der Waals surface area contributed by atoms with Crippen molar-refractivity contribution in [3.8, 4) is 0 Å². The molecule has 0 saturated heterocycles. The second-order valence-corrected chi connectivity index (χ2v) is 3.12. The molecule has 1 aromatic heterocycles. The molecule has 0 saturated carbocycles. The maximum absolute atomic E-state index is 11.0. The topological polar surface area (TPSA) is 84.2 Å². The average molecular weight is 223 g/mol. The second-order valence-electron chi connectivity index (χ2n) is 3.12. The number of aryl methyl sites for hydroxylation is 1. The molecule has 6 heteroatoms. The fourth-order valence-electron chi connectivity index (χ4n) is 1.10. The van der Waals surface area contributed by atoms with Crippen LogP contribution in [0, 0.1) is 0 Å². The highest BCUT2D eigenvalue weighted by molar-refractivity contribution is 5.93. The molecule has 1 rings (SSSR count). The molecule has 0 atom stereocenters. The molecule has 0 aliphatic heterocycles. The Morgan fingerprint density at radius 1 is 1.44 bits per heavy atom. The van der Waals surface area contributed by atoms with E-state index in [-0.39, 0.29) is 0 Å². The number of aliphatic carboxylic acids is 1. The molecular formula is C10H13N3O3. The molecule has 16 heavy (non-hydrogen) atoms. The molecule has 0 aliphatic rings. The molecule has 0 fully saturated rings. The number of nitrogens with one attached hydrogen (secondary N) is 1. The standard InChI is InChI=1S/C10H13N3O3/c14-9(2-3-10(15)16)12-4-1-6-13-7-5-11-8-13/h2-3,5,7-8H,1,4,6H2,(H,12,14)(H,15,16). The summed E-state index contributed by atoms with van der Waals surface area (Å²) in [5, 5.41) is 10.9. The molecule has 6 nitrogen and oxygen atoms in total. The summed E-state index contributed by atoms with van der Waals surface area (Å²) in [6.07, 6.45) is 7.81. The van der Waals surface area contributed by atoms with Gasteiger partial charge in [0.05, 0.1) is 6.33 Å². The highest BCUT2D eigenvalue weighted by Crippen LogP contribution is 1.89. The van der Waals surface area contributed by atoms with Gasteiger partial charge in [0.1, 0.15) is 0 Å². The van der Waals surface area contributed by atoms with Gasteiger partial charge in [-0.1, -0.05) is 0 Å². The third kappa shape index (κ3) is 4.94. The Morgan fingerprint density at radius 2 is 2.25 bits per heavy atom. The SMILES string of the molecule is O=C(O)C=CC(=O)NCCCn1ccnc1. The van der Waals surface area contributed by atoms with Gasteiger partial charge in [-0.05, 0) is 6.42 Å². The van der Waals surface area contributed by atoms with Crippen LogP contribution in [-0.4, -0.2) is 33.1 Å². The van der Waals surface area contributed by atoms with E-state index in [0.717, 1.165) is 25.1 Å². The Morgan fingerprint density at radius 3 is 2.88 bits per heavy atom. The van der Waals surface area contributed by atoms with E-state index in [2.05, 4.69) is 10.3 Å². The largest absolute Gasteiger partial charge is 0.478 e. The number of amides is 1. The molecule has 1 heterocycles. The Labute approximate surface area is 92.6 Å². The van der Waals surface area contributed by atoms with Crippen LogP contribution >= 0.6 is 0 Å². The number of carboxylic acids is 1. The van der Waals surface area contributed by atoms with Crippen molar-refractivity contribution < 1.29 is 14.7 Å². The lowest BCUT2D eigenvalue weighted by atomic mass is 10.4. The second kappa shape index (κ2) is 6.39. The predicted octanol–water partition coefficient (Wildman–Crippen LogP) is 0.0302. The normalized spacial score (nSPS) is 10.5. The number of aromatic nitrogens is 2. The number of hydrogen-bond acceptors (Lipinski definition) is 3. The first kappa shape index (κ1) is 12.0. The van der Waals surface area contributed by atoms with E-state index in [1.54, 1.807) is 12.5 Å². The van der Waals surface area contributed by atoms with Gasteiger partial charge in [-0.15, -0.1) is 0 Å². The Kier molecular flexibility index (Phi) is 4.78. The summed E-state index contributed by atoms with van der Waals surface area (Å²) in [6, 6.07) is 0. The maximum Gasteiger partial charge on any atom is 0.328 e.